The van der Waals surface area contributed by atoms with Gasteiger partial charge in [-0.3, -0.25) is 0 Å². The predicted molar refractivity (Wildman–Crippen MR) is 288 cm³/mol. The van der Waals surface area contributed by atoms with Gasteiger partial charge in [-0.2, -0.15) is 0 Å². The molecular weight excluding hydrogens is 840 g/mol. The molecule has 0 N–H and O–H groups in total. The van der Waals surface area contributed by atoms with E-state index in [1.807, 2.05) is 22.7 Å². The van der Waals surface area contributed by atoms with Gasteiger partial charge in [-0.1, -0.05) is 118 Å². The second kappa shape index (κ2) is 12.6. The van der Waals surface area contributed by atoms with E-state index in [1.165, 1.54) is 136 Å². The highest BCUT2D eigenvalue weighted by molar-refractivity contribution is 7.26. The van der Waals surface area contributed by atoms with Crippen LogP contribution in [-0.4, -0.2) is 11.4 Å². The molecule has 6 heteroatoms. The third-order valence-electron chi connectivity index (χ3n) is 16.1. The van der Waals surface area contributed by atoms with Crippen molar-refractivity contribution in [2.75, 3.05) is 4.81 Å². The van der Waals surface area contributed by atoms with E-state index in [0.29, 0.717) is 0 Å². The van der Waals surface area contributed by atoms with E-state index in [0.717, 1.165) is 11.2 Å². The molecule has 1 aliphatic carbocycles. The zero-order valence-electron chi connectivity index (χ0n) is 39.6. The van der Waals surface area contributed by atoms with Crippen LogP contribution < -0.4 is 15.9 Å². The largest absolute Gasteiger partial charge is 0.466 e. The summed E-state index contributed by atoms with van der Waals surface area (Å²) in [5.41, 5.74) is 17.9. The highest BCUT2D eigenvalue weighted by atomic mass is 32.1. The molecule has 0 fully saturated rings. The molecule has 0 radical (unpaired) electrons. The van der Waals surface area contributed by atoms with Crippen molar-refractivity contribution in [3.63, 3.8) is 0 Å². The summed E-state index contributed by atoms with van der Waals surface area (Å²) >= 11 is 3.86. The first-order valence-corrected chi connectivity index (χ1v) is 25.5. The van der Waals surface area contributed by atoms with Gasteiger partial charge in [0.25, 0.3) is 0 Å². The maximum atomic E-state index is 7.43. The molecule has 3 nitrogen and oxygen atoms in total. The standard InChI is InChI=1S/C60H53BN2OS2/c1-57(2,3)32-15-18-34(19-16-32)63-47-28-42-41-27-44-45(60(9,10)24-23-59(44,7)8)30-51(41)66-50(42)29-39(47)36-20-21-37-38-26-40-35-13-11-12-14-49(35)65-52(40)31-46(38)62-54(37)53(36)61(63)56-55(62)43-25-33(58(4,5)6)17-22-48(43)64-56/h11-22,25-31H,23-24H2,1-10H3. The molecule has 0 saturated heterocycles. The van der Waals surface area contributed by atoms with Crippen LogP contribution in [0.3, 0.4) is 0 Å². The zero-order chi connectivity index (χ0) is 45.1. The number of rotatable bonds is 1. The first-order valence-electron chi connectivity index (χ1n) is 23.9. The molecule has 0 bridgehead atoms. The maximum Gasteiger partial charge on any atom is 0.375 e. The number of hydrogen-bond acceptors (Lipinski definition) is 4. The third kappa shape index (κ3) is 5.15. The van der Waals surface area contributed by atoms with Crippen LogP contribution >= 0.6 is 22.7 Å². The lowest BCUT2D eigenvalue weighted by atomic mass is 9.46. The van der Waals surface area contributed by atoms with Crippen molar-refractivity contribution in [3.8, 4) is 16.8 Å². The Morgan fingerprint density at radius 2 is 1.20 bits per heavy atom. The SMILES string of the molecule is CC(C)(C)c1ccc(N2B3c4oc5ccc(C(C)(C)C)cc5c4-n4c5cc6sc7ccccc7c6cc5c5ccc(c3c54)-c3cc4sc5cc6c(cc5c4cc32)C(C)(C)CCC6(C)C)cc1. The fourth-order valence-electron chi connectivity index (χ4n) is 12.3. The number of hydrogen-bond donors (Lipinski definition) is 0. The van der Waals surface area contributed by atoms with E-state index in [-0.39, 0.29) is 28.5 Å². The molecule has 0 saturated carbocycles. The number of thiophene rings is 2. The molecule has 0 amide bonds. The van der Waals surface area contributed by atoms with Gasteiger partial charge in [0.05, 0.1) is 16.7 Å². The molecule has 0 spiro atoms. The van der Waals surface area contributed by atoms with E-state index >= 15 is 0 Å². The summed E-state index contributed by atoms with van der Waals surface area (Å²) in [5, 5.41) is 9.13. The van der Waals surface area contributed by atoms with Crippen molar-refractivity contribution in [1.29, 1.82) is 0 Å². The molecule has 6 heterocycles. The van der Waals surface area contributed by atoms with Crippen molar-refractivity contribution in [3.05, 3.63) is 138 Å². The minimum Gasteiger partial charge on any atom is -0.466 e. The molecule has 7 aromatic carbocycles. The summed E-state index contributed by atoms with van der Waals surface area (Å²) in [7, 11) is 0. The Morgan fingerprint density at radius 1 is 0.545 bits per heavy atom. The molecule has 324 valence electrons. The van der Waals surface area contributed by atoms with Gasteiger partial charge in [0.1, 0.15) is 11.2 Å². The monoisotopic (exact) mass is 892 g/mol. The van der Waals surface area contributed by atoms with Crippen molar-refractivity contribution in [1.82, 2.24) is 4.57 Å². The first kappa shape index (κ1) is 39.4. The quantitative estimate of drug-likeness (QED) is 0.153. The molecule has 11 aromatic rings. The van der Waals surface area contributed by atoms with Crippen LogP contribution in [0.4, 0.5) is 11.4 Å². The molecule has 14 rings (SSSR count). The number of anilines is 2. The van der Waals surface area contributed by atoms with Gasteiger partial charge in [-0.25, -0.2) is 0 Å². The average Bonchev–Trinajstić information content (AvgIpc) is 4.03. The molecule has 4 aromatic heterocycles. The summed E-state index contributed by atoms with van der Waals surface area (Å²) in [6, 6.07) is 45.3. The lowest BCUT2D eigenvalue weighted by molar-refractivity contribution is 0.332. The number of furan rings is 1. The van der Waals surface area contributed by atoms with Crippen molar-refractivity contribution < 1.29 is 4.42 Å². The molecule has 3 aliphatic rings. The van der Waals surface area contributed by atoms with Gasteiger partial charge < -0.3 is 13.8 Å². The zero-order valence-corrected chi connectivity index (χ0v) is 41.2. The number of fused-ring (bicyclic) bond motifs is 17. The van der Waals surface area contributed by atoms with Crippen molar-refractivity contribution >= 4 is 125 Å². The van der Waals surface area contributed by atoms with Crippen LogP contribution in [0.1, 0.15) is 104 Å². The van der Waals surface area contributed by atoms with Gasteiger partial charge in [0.2, 0.25) is 0 Å². The summed E-state index contributed by atoms with van der Waals surface area (Å²) in [6.07, 6.45) is 2.41. The Hall–Kier alpha value is -5.82. The molecule has 0 unspecified atom stereocenters. The molecule has 66 heavy (non-hydrogen) atoms. The van der Waals surface area contributed by atoms with Gasteiger partial charge in [0.15, 0.2) is 0 Å². The van der Waals surface area contributed by atoms with Gasteiger partial charge in [-0.15, -0.1) is 22.7 Å². The highest BCUT2D eigenvalue weighted by Crippen LogP contribution is 2.53. The van der Waals surface area contributed by atoms with E-state index < -0.39 is 0 Å². The maximum absolute atomic E-state index is 7.43. The normalized spacial score (nSPS) is 16.4. The van der Waals surface area contributed by atoms with Crippen LogP contribution in [0, 0.1) is 0 Å². The minimum atomic E-state index is -0.203. The smallest absolute Gasteiger partial charge is 0.375 e. The summed E-state index contributed by atoms with van der Waals surface area (Å²) in [6.45, 7) is 23.5. The molecule has 2 aliphatic heterocycles. The lowest BCUT2D eigenvalue weighted by Crippen LogP contribution is -2.60. The average molecular weight is 893 g/mol. The Kier molecular flexibility index (Phi) is 7.50. The third-order valence-corrected chi connectivity index (χ3v) is 18.4. The molecule has 0 atom stereocenters. The van der Waals surface area contributed by atoms with E-state index in [2.05, 4.69) is 194 Å². The van der Waals surface area contributed by atoms with Crippen molar-refractivity contribution in [2.45, 2.75) is 104 Å². The second-order valence-corrected chi connectivity index (χ2v) is 25.4. The van der Waals surface area contributed by atoms with Crippen molar-refractivity contribution in [2.24, 2.45) is 0 Å². The van der Waals surface area contributed by atoms with Gasteiger partial charge in [0, 0.05) is 73.4 Å². The van der Waals surface area contributed by atoms with Crippen LogP contribution in [-0.2, 0) is 21.7 Å². The summed E-state index contributed by atoms with van der Waals surface area (Å²) in [5.74, 6) is 0. The molecular formula is C60H53BN2OS2. The predicted octanol–water partition coefficient (Wildman–Crippen LogP) is 16.4. The minimum absolute atomic E-state index is 0.0289. The van der Waals surface area contributed by atoms with Crippen LogP contribution in [0.5, 0.6) is 0 Å². The summed E-state index contributed by atoms with van der Waals surface area (Å²) < 4.78 is 15.4. The lowest BCUT2D eigenvalue weighted by Gasteiger charge is -2.42. The first-order chi connectivity index (χ1) is 31.4. The summed E-state index contributed by atoms with van der Waals surface area (Å²) in [4.78, 5) is 2.65. The fourth-order valence-corrected chi connectivity index (χ4v) is 14.6. The van der Waals surface area contributed by atoms with Gasteiger partial charge >= 0.3 is 6.85 Å². The Balaban J connectivity index is 1.13. The van der Waals surface area contributed by atoms with E-state index in [1.54, 1.807) is 0 Å². The Labute approximate surface area is 394 Å². The number of nitrogens with zero attached hydrogens (tertiary/aromatic N) is 2. The van der Waals surface area contributed by atoms with Crippen LogP contribution in [0.15, 0.2) is 120 Å². The number of aromatic nitrogens is 1. The van der Waals surface area contributed by atoms with Crippen LogP contribution in [0.25, 0.3) is 89.9 Å². The number of benzene rings is 7. The Morgan fingerprint density at radius 3 is 1.95 bits per heavy atom. The van der Waals surface area contributed by atoms with E-state index in [9.17, 15) is 0 Å². The van der Waals surface area contributed by atoms with E-state index in [4.69, 9.17) is 4.42 Å². The topological polar surface area (TPSA) is 21.3 Å². The van der Waals surface area contributed by atoms with Gasteiger partial charge in [-0.05, 0) is 135 Å². The highest BCUT2D eigenvalue weighted by Gasteiger charge is 2.48. The fraction of sp³-hybridized carbons (Fsp3) is 0.267. The van der Waals surface area contributed by atoms with Crippen LogP contribution in [0.2, 0.25) is 0 Å². The Bertz CT molecular complexity index is 3970. The second-order valence-electron chi connectivity index (χ2n) is 23.2.